The average Bonchev–Trinajstić information content (AvgIpc) is 3.16. The van der Waals surface area contributed by atoms with E-state index < -0.39 is 0 Å². The van der Waals surface area contributed by atoms with Gasteiger partial charge in [0.1, 0.15) is 0 Å². The minimum atomic E-state index is -0.174. The Hall–Kier alpha value is -2.99. The molecule has 0 saturated carbocycles. The van der Waals surface area contributed by atoms with E-state index in [1.165, 1.54) is 5.56 Å². The lowest BCUT2D eigenvalue weighted by molar-refractivity contribution is 0.0930. The summed E-state index contributed by atoms with van der Waals surface area (Å²) in [7, 11) is 0. The van der Waals surface area contributed by atoms with Gasteiger partial charge in [-0.25, -0.2) is 4.68 Å². The highest BCUT2D eigenvalue weighted by Gasteiger charge is 2.24. The monoisotopic (exact) mass is 389 g/mol. The third-order valence-corrected chi connectivity index (χ3v) is 5.59. The van der Waals surface area contributed by atoms with Crippen molar-refractivity contribution in [3.05, 3.63) is 83.2 Å². The zero-order chi connectivity index (χ0) is 20.1. The van der Waals surface area contributed by atoms with Gasteiger partial charge in [-0.15, -0.1) is 5.10 Å². The smallest absolute Gasteiger partial charge is 0.274 e. The van der Waals surface area contributed by atoms with Crippen molar-refractivity contribution in [3.8, 4) is 0 Å². The fourth-order valence-electron chi connectivity index (χ4n) is 3.96. The van der Waals surface area contributed by atoms with E-state index in [2.05, 4.69) is 33.1 Å². The van der Waals surface area contributed by atoms with Crippen LogP contribution in [0.15, 0.2) is 60.7 Å². The van der Waals surface area contributed by atoms with Gasteiger partial charge in [0.2, 0.25) is 0 Å². The third kappa shape index (κ3) is 4.54. The van der Waals surface area contributed by atoms with Crippen LogP contribution in [0.4, 0.5) is 0 Å². The van der Waals surface area contributed by atoms with Crippen LogP contribution >= 0.6 is 0 Å². The minimum absolute atomic E-state index is 0.130. The van der Waals surface area contributed by atoms with E-state index in [1.54, 1.807) is 0 Å². The molecule has 4 rings (SSSR count). The van der Waals surface area contributed by atoms with Crippen molar-refractivity contribution in [2.24, 2.45) is 0 Å². The molecule has 3 aromatic rings. The molecule has 0 radical (unpaired) electrons. The molecule has 1 aliphatic heterocycles. The molecule has 1 aromatic heterocycles. The van der Waals surface area contributed by atoms with E-state index >= 15 is 0 Å². The van der Waals surface area contributed by atoms with Crippen molar-refractivity contribution in [1.29, 1.82) is 0 Å². The fraction of sp³-hybridized carbons (Fsp3) is 0.348. The van der Waals surface area contributed by atoms with Gasteiger partial charge in [-0.05, 0) is 50.4 Å². The number of nitrogens with zero attached hydrogens (tertiary/aromatic N) is 3. The lowest BCUT2D eigenvalue weighted by Crippen LogP contribution is -2.31. The Morgan fingerprint density at radius 3 is 2.45 bits per heavy atom. The zero-order valence-corrected chi connectivity index (χ0v) is 16.7. The molecule has 2 heterocycles. The lowest BCUT2D eigenvalue weighted by atomic mass is 9.98. The van der Waals surface area contributed by atoms with E-state index in [0.29, 0.717) is 11.7 Å². The van der Waals surface area contributed by atoms with Crippen LogP contribution in [0.5, 0.6) is 0 Å². The SMILES string of the molecule is Cc1c(C(=O)NC(Cc2ccccc2)c2ccccc2)nnn1C1CCNCC1. The van der Waals surface area contributed by atoms with Crippen LogP contribution in [0.1, 0.15) is 52.2 Å². The maximum Gasteiger partial charge on any atom is 0.274 e. The number of hydrogen-bond donors (Lipinski definition) is 2. The Labute approximate surface area is 171 Å². The number of benzene rings is 2. The molecule has 1 fully saturated rings. The molecule has 150 valence electrons. The predicted octanol–water partition coefficient (Wildman–Crippen LogP) is 3.22. The maximum absolute atomic E-state index is 13.1. The first-order chi connectivity index (χ1) is 14.2. The van der Waals surface area contributed by atoms with E-state index in [0.717, 1.165) is 43.6 Å². The molecule has 1 saturated heterocycles. The molecule has 2 N–H and O–H groups in total. The summed E-state index contributed by atoms with van der Waals surface area (Å²) >= 11 is 0. The molecule has 1 unspecified atom stereocenters. The number of carbonyl (C=O) groups excluding carboxylic acids is 1. The number of hydrogen-bond acceptors (Lipinski definition) is 4. The highest BCUT2D eigenvalue weighted by Crippen LogP contribution is 2.22. The molecule has 1 amide bonds. The number of aromatic nitrogens is 3. The molecule has 2 aromatic carbocycles. The molecule has 6 nitrogen and oxygen atoms in total. The first kappa shape index (κ1) is 19.3. The van der Waals surface area contributed by atoms with Gasteiger partial charge in [0.15, 0.2) is 5.69 Å². The summed E-state index contributed by atoms with van der Waals surface area (Å²) in [6.45, 7) is 3.88. The Morgan fingerprint density at radius 1 is 1.10 bits per heavy atom. The molecule has 0 aliphatic carbocycles. The van der Waals surface area contributed by atoms with Crippen LogP contribution < -0.4 is 10.6 Å². The highest BCUT2D eigenvalue weighted by molar-refractivity contribution is 5.93. The number of piperidine rings is 1. The van der Waals surface area contributed by atoms with Crippen LogP contribution in [0.25, 0.3) is 0 Å². The van der Waals surface area contributed by atoms with Crippen LogP contribution in [0, 0.1) is 6.92 Å². The highest BCUT2D eigenvalue weighted by atomic mass is 16.2. The van der Waals surface area contributed by atoms with Gasteiger partial charge >= 0.3 is 0 Å². The molecule has 0 bridgehead atoms. The van der Waals surface area contributed by atoms with Gasteiger partial charge in [0, 0.05) is 0 Å². The Kier molecular flexibility index (Phi) is 6.00. The largest absolute Gasteiger partial charge is 0.343 e. The quantitative estimate of drug-likeness (QED) is 0.679. The Balaban J connectivity index is 1.54. The molecule has 1 aliphatic rings. The second kappa shape index (κ2) is 9.01. The second-order valence-corrected chi connectivity index (χ2v) is 7.58. The van der Waals surface area contributed by atoms with Crippen molar-refractivity contribution >= 4 is 5.91 Å². The van der Waals surface area contributed by atoms with Gasteiger partial charge in [-0.2, -0.15) is 0 Å². The lowest BCUT2D eigenvalue weighted by Gasteiger charge is -2.23. The molecule has 0 spiro atoms. The van der Waals surface area contributed by atoms with Crippen molar-refractivity contribution in [3.63, 3.8) is 0 Å². The summed E-state index contributed by atoms with van der Waals surface area (Å²) in [5.74, 6) is -0.174. The summed E-state index contributed by atoms with van der Waals surface area (Å²) in [6, 6.07) is 20.5. The topological polar surface area (TPSA) is 71.8 Å². The van der Waals surface area contributed by atoms with Crippen LogP contribution in [-0.4, -0.2) is 34.0 Å². The number of rotatable bonds is 6. The van der Waals surface area contributed by atoms with Crippen LogP contribution in [0.3, 0.4) is 0 Å². The molecule has 29 heavy (non-hydrogen) atoms. The third-order valence-electron chi connectivity index (χ3n) is 5.59. The summed E-state index contributed by atoms with van der Waals surface area (Å²) in [5.41, 5.74) is 3.50. The molecule has 6 heteroatoms. The summed E-state index contributed by atoms with van der Waals surface area (Å²) in [4.78, 5) is 13.1. The van der Waals surface area contributed by atoms with Crippen LogP contribution in [-0.2, 0) is 6.42 Å². The van der Waals surface area contributed by atoms with Gasteiger partial charge in [0.05, 0.1) is 17.8 Å². The van der Waals surface area contributed by atoms with Gasteiger partial charge in [-0.1, -0.05) is 65.9 Å². The minimum Gasteiger partial charge on any atom is -0.343 e. The van der Waals surface area contributed by atoms with Crippen molar-refractivity contribution in [1.82, 2.24) is 25.6 Å². The van der Waals surface area contributed by atoms with Crippen molar-refractivity contribution < 1.29 is 4.79 Å². The predicted molar refractivity (Wildman–Crippen MR) is 113 cm³/mol. The number of carbonyl (C=O) groups is 1. The summed E-state index contributed by atoms with van der Waals surface area (Å²) in [5, 5.41) is 15.1. The molecular formula is C23H27N5O. The van der Waals surface area contributed by atoms with Gasteiger partial charge < -0.3 is 10.6 Å². The normalized spacial score (nSPS) is 15.8. The molecular weight excluding hydrogens is 362 g/mol. The van der Waals surface area contributed by atoms with Crippen molar-refractivity contribution in [2.75, 3.05) is 13.1 Å². The number of amides is 1. The summed E-state index contributed by atoms with van der Waals surface area (Å²) in [6.07, 6.45) is 2.73. The fourth-order valence-corrected chi connectivity index (χ4v) is 3.96. The zero-order valence-electron chi connectivity index (χ0n) is 16.7. The second-order valence-electron chi connectivity index (χ2n) is 7.58. The van der Waals surface area contributed by atoms with Gasteiger partial charge in [-0.3, -0.25) is 4.79 Å². The summed E-state index contributed by atoms with van der Waals surface area (Å²) < 4.78 is 1.92. The number of nitrogens with one attached hydrogen (secondary N) is 2. The Bertz CT molecular complexity index is 932. The maximum atomic E-state index is 13.1. The van der Waals surface area contributed by atoms with E-state index in [-0.39, 0.29) is 11.9 Å². The van der Waals surface area contributed by atoms with E-state index in [4.69, 9.17) is 0 Å². The van der Waals surface area contributed by atoms with Gasteiger partial charge in [0.25, 0.3) is 5.91 Å². The van der Waals surface area contributed by atoms with E-state index in [1.807, 2.05) is 60.1 Å². The average molecular weight is 390 g/mol. The standard InChI is InChI=1S/C23H27N5O/c1-17-22(26-27-28(17)20-12-14-24-15-13-20)23(29)25-21(19-10-6-3-7-11-19)16-18-8-4-2-5-9-18/h2-11,20-21,24H,12-16H2,1H3,(H,25,29). The molecule has 1 atom stereocenters. The first-order valence-electron chi connectivity index (χ1n) is 10.2. The van der Waals surface area contributed by atoms with E-state index in [9.17, 15) is 4.79 Å². The Morgan fingerprint density at radius 2 is 1.76 bits per heavy atom. The van der Waals surface area contributed by atoms with Crippen LogP contribution in [0.2, 0.25) is 0 Å². The van der Waals surface area contributed by atoms with Crippen molar-refractivity contribution in [2.45, 2.75) is 38.3 Å². The first-order valence-corrected chi connectivity index (χ1v) is 10.2.